The molecule has 70 valence electrons. The molecule has 3 unspecified atom stereocenters. The molecular weight excluding hydrogens is 152 g/mol. The van der Waals surface area contributed by atoms with E-state index in [0.29, 0.717) is 24.0 Å². The molecule has 2 aliphatic heterocycles. The maximum Gasteiger partial charge on any atom is 0.0890 e. The summed E-state index contributed by atoms with van der Waals surface area (Å²) in [6.07, 6.45) is 3.22. The van der Waals surface area contributed by atoms with Gasteiger partial charge in [-0.25, -0.2) is 0 Å². The van der Waals surface area contributed by atoms with Gasteiger partial charge in [0.15, 0.2) is 0 Å². The van der Waals surface area contributed by atoms with Gasteiger partial charge in [-0.1, -0.05) is 13.8 Å². The summed E-state index contributed by atoms with van der Waals surface area (Å²) in [5, 5.41) is 0. The second-order valence-electron chi connectivity index (χ2n) is 3.93. The Hall–Kier alpha value is -0.0800. The van der Waals surface area contributed by atoms with Gasteiger partial charge in [0.2, 0.25) is 0 Å². The number of fused-ring (bicyclic) bond motifs is 1. The molecule has 0 bridgehead atoms. The Bertz CT molecular complexity index is 140. The van der Waals surface area contributed by atoms with Crippen LogP contribution in [0.15, 0.2) is 0 Å². The molecule has 12 heavy (non-hydrogen) atoms. The van der Waals surface area contributed by atoms with E-state index in [1.54, 1.807) is 0 Å². The highest BCUT2D eigenvalue weighted by Crippen LogP contribution is 2.36. The van der Waals surface area contributed by atoms with Crippen LogP contribution in [0.3, 0.4) is 0 Å². The van der Waals surface area contributed by atoms with Gasteiger partial charge < -0.3 is 9.47 Å². The van der Waals surface area contributed by atoms with Crippen molar-refractivity contribution in [3.8, 4) is 0 Å². The van der Waals surface area contributed by atoms with Gasteiger partial charge in [-0.15, -0.1) is 0 Å². The lowest BCUT2D eigenvalue weighted by Gasteiger charge is -2.14. The Morgan fingerprint density at radius 1 is 0.917 bits per heavy atom. The monoisotopic (exact) mass is 170 g/mol. The molecule has 2 fully saturated rings. The van der Waals surface area contributed by atoms with Gasteiger partial charge in [0.05, 0.1) is 25.4 Å². The first-order valence-corrected chi connectivity index (χ1v) is 5.10. The largest absolute Gasteiger partial charge is 0.375 e. The molecule has 2 rings (SSSR count). The first-order valence-electron chi connectivity index (χ1n) is 5.10. The molecule has 4 atom stereocenters. The van der Waals surface area contributed by atoms with Crippen LogP contribution in [0.25, 0.3) is 0 Å². The van der Waals surface area contributed by atoms with Gasteiger partial charge >= 0.3 is 0 Å². The summed E-state index contributed by atoms with van der Waals surface area (Å²) in [4.78, 5) is 0. The van der Waals surface area contributed by atoms with Crippen molar-refractivity contribution >= 4 is 0 Å². The molecule has 0 aromatic carbocycles. The first kappa shape index (κ1) is 8.52. The third-order valence-corrected chi connectivity index (χ3v) is 3.31. The third kappa shape index (κ3) is 1.17. The van der Waals surface area contributed by atoms with Gasteiger partial charge in [0.25, 0.3) is 0 Å². The van der Waals surface area contributed by atoms with E-state index in [1.807, 2.05) is 0 Å². The minimum atomic E-state index is 0.417. The molecular formula is C10H18O2. The fraction of sp³-hybridized carbons (Fsp3) is 1.00. The van der Waals surface area contributed by atoms with E-state index in [0.717, 1.165) is 13.2 Å². The highest BCUT2D eigenvalue weighted by Gasteiger charge is 2.45. The summed E-state index contributed by atoms with van der Waals surface area (Å²) in [6.45, 7) is 6.28. The average molecular weight is 170 g/mol. The summed E-state index contributed by atoms with van der Waals surface area (Å²) in [5.74, 6) is 1.32. The summed E-state index contributed by atoms with van der Waals surface area (Å²) in [5.41, 5.74) is 0. The zero-order chi connectivity index (χ0) is 8.55. The molecule has 0 saturated carbocycles. The van der Waals surface area contributed by atoms with Crippen LogP contribution in [0.5, 0.6) is 0 Å². The molecule has 0 amide bonds. The van der Waals surface area contributed by atoms with Crippen molar-refractivity contribution in [1.82, 2.24) is 0 Å². The summed E-state index contributed by atoms with van der Waals surface area (Å²) in [6, 6.07) is 0. The lowest BCUT2D eigenvalue weighted by molar-refractivity contribution is 0.0599. The second-order valence-corrected chi connectivity index (χ2v) is 3.93. The Kier molecular flexibility index (Phi) is 2.37. The highest BCUT2D eigenvalue weighted by atomic mass is 16.6. The zero-order valence-corrected chi connectivity index (χ0v) is 7.95. The van der Waals surface area contributed by atoms with E-state index in [2.05, 4.69) is 13.8 Å². The zero-order valence-electron chi connectivity index (χ0n) is 7.95. The van der Waals surface area contributed by atoms with Gasteiger partial charge in [-0.05, 0) is 12.8 Å². The van der Waals surface area contributed by atoms with Crippen LogP contribution in [0.4, 0.5) is 0 Å². The van der Waals surface area contributed by atoms with Crippen molar-refractivity contribution in [2.24, 2.45) is 11.8 Å². The SMILES string of the molecule is CCC1COC2C1OC[C@@H]2CC. The number of rotatable bonds is 2. The Morgan fingerprint density at radius 3 is 1.67 bits per heavy atom. The summed E-state index contributed by atoms with van der Waals surface area (Å²) >= 11 is 0. The fourth-order valence-corrected chi connectivity index (χ4v) is 2.36. The topological polar surface area (TPSA) is 18.5 Å². The van der Waals surface area contributed by atoms with Gasteiger partial charge in [-0.3, -0.25) is 0 Å². The van der Waals surface area contributed by atoms with E-state index >= 15 is 0 Å². The van der Waals surface area contributed by atoms with Crippen molar-refractivity contribution in [3.63, 3.8) is 0 Å². The smallest absolute Gasteiger partial charge is 0.0890 e. The standard InChI is InChI=1S/C10H18O2/c1-3-7-5-11-10-8(4-2)6-12-9(7)10/h7-10H,3-6H2,1-2H3/t7-,8?,9?,10?/m0/s1. The van der Waals surface area contributed by atoms with Crippen molar-refractivity contribution in [2.45, 2.75) is 38.9 Å². The van der Waals surface area contributed by atoms with Gasteiger partial charge in [-0.2, -0.15) is 0 Å². The van der Waals surface area contributed by atoms with Crippen LogP contribution < -0.4 is 0 Å². The van der Waals surface area contributed by atoms with Crippen LogP contribution in [-0.2, 0) is 9.47 Å². The Labute approximate surface area is 74.2 Å². The summed E-state index contributed by atoms with van der Waals surface area (Å²) < 4.78 is 11.5. The molecule has 0 N–H and O–H groups in total. The molecule has 0 aromatic rings. The fourth-order valence-electron chi connectivity index (χ4n) is 2.36. The Morgan fingerprint density at radius 2 is 1.33 bits per heavy atom. The van der Waals surface area contributed by atoms with Crippen molar-refractivity contribution in [1.29, 1.82) is 0 Å². The second kappa shape index (κ2) is 3.35. The third-order valence-electron chi connectivity index (χ3n) is 3.31. The van der Waals surface area contributed by atoms with Crippen LogP contribution in [0, 0.1) is 11.8 Å². The molecule has 2 heteroatoms. The van der Waals surface area contributed by atoms with Gasteiger partial charge in [0, 0.05) is 11.8 Å². The minimum Gasteiger partial charge on any atom is -0.375 e. The quantitative estimate of drug-likeness (QED) is 0.629. The van der Waals surface area contributed by atoms with E-state index in [1.165, 1.54) is 12.8 Å². The summed E-state index contributed by atoms with van der Waals surface area (Å²) in [7, 11) is 0. The molecule has 0 spiro atoms. The van der Waals surface area contributed by atoms with E-state index in [4.69, 9.17) is 9.47 Å². The Balaban J connectivity index is 2.01. The molecule has 0 aliphatic carbocycles. The molecule has 2 saturated heterocycles. The molecule has 2 nitrogen and oxygen atoms in total. The normalized spacial score (nSPS) is 46.5. The predicted octanol–water partition coefficient (Wildman–Crippen LogP) is 1.84. The van der Waals surface area contributed by atoms with Crippen LogP contribution in [-0.4, -0.2) is 25.4 Å². The first-order chi connectivity index (χ1) is 5.86. The predicted molar refractivity (Wildman–Crippen MR) is 47.0 cm³/mol. The maximum atomic E-state index is 5.76. The lowest BCUT2D eigenvalue weighted by Crippen LogP contribution is -2.25. The minimum absolute atomic E-state index is 0.417. The van der Waals surface area contributed by atoms with Crippen LogP contribution >= 0.6 is 0 Å². The number of ether oxygens (including phenoxy) is 2. The van der Waals surface area contributed by atoms with E-state index in [-0.39, 0.29) is 0 Å². The molecule has 2 heterocycles. The van der Waals surface area contributed by atoms with Gasteiger partial charge in [0.1, 0.15) is 0 Å². The van der Waals surface area contributed by atoms with E-state index in [9.17, 15) is 0 Å². The van der Waals surface area contributed by atoms with Crippen LogP contribution in [0.1, 0.15) is 26.7 Å². The molecule has 2 aliphatic rings. The molecule has 0 radical (unpaired) electrons. The number of hydrogen-bond donors (Lipinski definition) is 0. The van der Waals surface area contributed by atoms with Crippen LogP contribution in [0.2, 0.25) is 0 Å². The average Bonchev–Trinajstić information content (AvgIpc) is 2.62. The number of hydrogen-bond acceptors (Lipinski definition) is 2. The molecule has 0 aromatic heterocycles. The maximum absolute atomic E-state index is 5.76. The van der Waals surface area contributed by atoms with E-state index < -0.39 is 0 Å². The lowest BCUT2D eigenvalue weighted by atomic mass is 9.93. The van der Waals surface area contributed by atoms with Crippen molar-refractivity contribution < 1.29 is 9.47 Å². The van der Waals surface area contributed by atoms with Crippen molar-refractivity contribution in [2.75, 3.05) is 13.2 Å². The van der Waals surface area contributed by atoms with Crippen molar-refractivity contribution in [3.05, 3.63) is 0 Å². The highest BCUT2D eigenvalue weighted by molar-refractivity contribution is 4.92.